The molecule has 0 unspecified atom stereocenters. The van der Waals surface area contributed by atoms with E-state index in [1.807, 2.05) is 39.0 Å². The Morgan fingerprint density at radius 3 is 2.38 bits per heavy atom. The number of hydrogen-bond acceptors (Lipinski definition) is 4. The summed E-state index contributed by atoms with van der Waals surface area (Å²) >= 11 is 1.39. The molecular formula is C16H19N3OS. The van der Waals surface area contributed by atoms with Gasteiger partial charge in [-0.3, -0.25) is 4.79 Å². The van der Waals surface area contributed by atoms with Crippen LogP contribution in [-0.2, 0) is 4.79 Å². The van der Waals surface area contributed by atoms with Gasteiger partial charge in [-0.05, 0) is 37.5 Å². The highest BCUT2D eigenvalue weighted by atomic mass is 32.2. The van der Waals surface area contributed by atoms with Crippen LogP contribution >= 0.6 is 11.8 Å². The van der Waals surface area contributed by atoms with Gasteiger partial charge in [0.2, 0.25) is 5.91 Å². The van der Waals surface area contributed by atoms with E-state index in [2.05, 4.69) is 15.3 Å². The fraction of sp³-hybridized carbons (Fsp3) is 0.312. The third kappa shape index (κ3) is 4.04. The summed E-state index contributed by atoms with van der Waals surface area (Å²) in [4.78, 5) is 20.8. The monoisotopic (exact) mass is 301 g/mol. The molecule has 0 aliphatic heterocycles. The van der Waals surface area contributed by atoms with E-state index >= 15 is 0 Å². The molecule has 0 saturated heterocycles. The van der Waals surface area contributed by atoms with Gasteiger partial charge in [0, 0.05) is 18.1 Å². The van der Waals surface area contributed by atoms with Gasteiger partial charge in [-0.25, -0.2) is 9.97 Å². The molecule has 1 heterocycles. The molecule has 1 aromatic carbocycles. The minimum atomic E-state index is -0.202. The molecular weight excluding hydrogens is 282 g/mol. The van der Waals surface area contributed by atoms with Crippen molar-refractivity contribution in [3.63, 3.8) is 0 Å². The van der Waals surface area contributed by atoms with E-state index in [0.29, 0.717) is 5.16 Å². The molecule has 1 N–H and O–H groups in total. The number of thioether (sulfide) groups is 1. The lowest BCUT2D eigenvalue weighted by molar-refractivity contribution is -0.115. The molecule has 4 nitrogen and oxygen atoms in total. The number of aromatic nitrogens is 2. The predicted octanol–water partition coefficient (Wildman–Crippen LogP) is 3.60. The first kappa shape index (κ1) is 15.5. The van der Waals surface area contributed by atoms with Gasteiger partial charge in [-0.2, -0.15) is 0 Å². The average molecular weight is 301 g/mol. The standard InChI is InChI=1S/C16H19N3OS/c1-4-13(21-16-17-9-6-10-18-16)15(20)19-14-11(2)7-5-8-12(14)3/h5-10,13H,4H2,1-3H3,(H,19,20)/t13-/m1/s1. The summed E-state index contributed by atoms with van der Waals surface area (Å²) < 4.78 is 0. The third-order valence-corrected chi connectivity index (χ3v) is 4.44. The van der Waals surface area contributed by atoms with Crippen LogP contribution in [0.2, 0.25) is 0 Å². The second kappa shape index (κ2) is 7.22. The Balaban J connectivity index is 2.10. The smallest absolute Gasteiger partial charge is 0.237 e. The van der Waals surface area contributed by atoms with Gasteiger partial charge in [0.05, 0.1) is 5.25 Å². The predicted molar refractivity (Wildman–Crippen MR) is 86.5 cm³/mol. The van der Waals surface area contributed by atoms with E-state index in [4.69, 9.17) is 0 Å². The van der Waals surface area contributed by atoms with Crippen molar-refractivity contribution in [2.45, 2.75) is 37.6 Å². The van der Waals surface area contributed by atoms with Gasteiger partial charge in [-0.1, -0.05) is 36.9 Å². The molecule has 5 heteroatoms. The highest BCUT2D eigenvalue weighted by Crippen LogP contribution is 2.25. The molecule has 110 valence electrons. The van der Waals surface area contributed by atoms with E-state index in [9.17, 15) is 4.79 Å². The number of carbonyl (C=O) groups excluding carboxylic acids is 1. The number of para-hydroxylation sites is 1. The van der Waals surface area contributed by atoms with Crippen LogP contribution in [0.3, 0.4) is 0 Å². The molecule has 1 amide bonds. The van der Waals surface area contributed by atoms with E-state index < -0.39 is 0 Å². The van der Waals surface area contributed by atoms with Gasteiger partial charge < -0.3 is 5.32 Å². The molecule has 1 aromatic heterocycles. The lowest BCUT2D eigenvalue weighted by Crippen LogP contribution is -2.25. The maximum atomic E-state index is 12.5. The summed E-state index contributed by atoms with van der Waals surface area (Å²) in [6.07, 6.45) is 4.09. The SMILES string of the molecule is CC[C@@H](Sc1ncccn1)C(=O)Nc1c(C)cccc1C. The van der Waals surface area contributed by atoms with Crippen LogP contribution in [0.5, 0.6) is 0 Å². The highest BCUT2D eigenvalue weighted by molar-refractivity contribution is 8.00. The molecule has 0 radical (unpaired) electrons. The second-order valence-corrected chi connectivity index (χ2v) is 5.97. The quantitative estimate of drug-likeness (QED) is 0.677. The van der Waals surface area contributed by atoms with Gasteiger partial charge in [0.25, 0.3) is 0 Å². The van der Waals surface area contributed by atoms with Crippen molar-refractivity contribution in [3.05, 3.63) is 47.8 Å². The van der Waals surface area contributed by atoms with E-state index in [-0.39, 0.29) is 11.2 Å². The van der Waals surface area contributed by atoms with Gasteiger partial charge in [0.15, 0.2) is 5.16 Å². The molecule has 0 saturated carbocycles. The fourth-order valence-electron chi connectivity index (χ4n) is 2.01. The van der Waals surface area contributed by atoms with Crippen molar-refractivity contribution in [1.82, 2.24) is 9.97 Å². The largest absolute Gasteiger partial charge is 0.325 e. The maximum absolute atomic E-state index is 12.5. The number of rotatable bonds is 5. The van der Waals surface area contributed by atoms with Crippen molar-refractivity contribution in [1.29, 1.82) is 0 Å². The van der Waals surface area contributed by atoms with Crippen LogP contribution < -0.4 is 5.32 Å². The van der Waals surface area contributed by atoms with Crippen LogP contribution in [0, 0.1) is 13.8 Å². The van der Waals surface area contributed by atoms with Gasteiger partial charge in [0.1, 0.15) is 0 Å². The summed E-state index contributed by atoms with van der Waals surface area (Å²) in [6, 6.07) is 7.75. The Hall–Kier alpha value is -1.88. The number of hydrogen-bond donors (Lipinski definition) is 1. The van der Waals surface area contributed by atoms with Crippen LogP contribution in [0.25, 0.3) is 0 Å². The highest BCUT2D eigenvalue weighted by Gasteiger charge is 2.20. The van der Waals surface area contributed by atoms with Crippen molar-refractivity contribution >= 4 is 23.4 Å². The number of aryl methyl sites for hydroxylation is 2. The Labute approximate surface area is 129 Å². The number of nitrogens with one attached hydrogen (secondary N) is 1. The van der Waals surface area contributed by atoms with Gasteiger partial charge in [-0.15, -0.1) is 0 Å². The number of nitrogens with zero attached hydrogens (tertiary/aromatic N) is 2. The summed E-state index contributed by atoms with van der Waals surface area (Å²) in [7, 11) is 0. The summed E-state index contributed by atoms with van der Waals surface area (Å²) in [5.41, 5.74) is 3.04. The van der Waals surface area contributed by atoms with E-state index in [1.54, 1.807) is 18.5 Å². The number of anilines is 1. The molecule has 2 aromatic rings. The summed E-state index contributed by atoms with van der Waals surface area (Å²) in [5.74, 6) is -0.00708. The molecule has 2 rings (SSSR count). The molecule has 0 aliphatic carbocycles. The minimum Gasteiger partial charge on any atom is -0.325 e. The first-order chi connectivity index (χ1) is 10.1. The Kier molecular flexibility index (Phi) is 5.33. The van der Waals surface area contributed by atoms with Crippen molar-refractivity contribution in [2.24, 2.45) is 0 Å². The summed E-state index contributed by atoms with van der Waals surface area (Å²) in [5, 5.41) is 3.46. The molecule has 0 bridgehead atoms. The first-order valence-corrected chi connectivity index (χ1v) is 7.80. The van der Waals surface area contributed by atoms with E-state index in [0.717, 1.165) is 23.2 Å². The Morgan fingerprint density at radius 1 is 1.19 bits per heavy atom. The Morgan fingerprint density at radius 2 is 1.81 bits per heavy atom. The molecule has 0 aliphatic rings. The van der Waals surface area contributed by atoms with Crippen LogP contribution in [0.15, 0.2) is 41.8 Å². The summed E-state index contributed by atoms with van der Waals surface area (Å²) in [6.45, 7) is 5.99. The second-order valence-electron chi connectivity index (χ2n) is 4.80. The number of carbonyl (C=O) groups is 1. The van der Waals surface area contributed by atoms with Gasteiger partial charge >= 0.3 is 0 Å². The number of amides is 1. The molecule has 21 heavy (non-hydrogen) atoms. The molecule has 0 fully saturated rings. The van der Waals surface area contributed by atoms with Crippen molar-refractivity contribution in [2.75, 3.05) is 5.32 Å². The van der Waals surface area contributed by atoms with Crippen LogP contribution in [-0.4, -0.2) is 21.1 Å². The zero-order chi connectivity index (χ0) is 15.2. The minimum absolute atomic E-state index is 0.00708. The van der Waals surface area contributed by atoms with E-state index in [1.165, 1.54) is 11.8 Å². The zero-order valence-electron chi connectivity index (χ0n) is 12.5. The third-order valence-electron chi connectivity index (χ3n) is 3.18. The normalized spacial score (nSPS) is 12.0. The van der Waals surface area contributed by atoms with Crippen LogP contribution in [0.1, 0.15) is 24.5 Å². The lowest BCUT2D eigenvalue weighted by Gasteiger charge is -2.16. The van der Waals surface area contributed by atoms with Crippen molar-refractivity contribution in [3.8, 4) is 0 Å². The zero-order valence-corrected chi connectivity index (χ0v) is 13.3. The average Bonchev–Trinajstić information content (AvgIpc) is 2.49. The van der Waals surface area contributed by atoms with Crippen LogP contribution in [0.4, 0.5) is 5.69 Å². The lowest BCUT2D eigenvalue weighted by atomic mass is 10.1. The Bertz CT molecular complexity index is 596. The molecule has 1 atom stereocenters. The maximum Gasteiger partial charge on any atom is 0.237 e. The fourth-order valence-corrected chi connectivity index (χ4v) is 2.84. The molecule has 0 spiro atoms. The number of benzene rings is 1. The van der Waals surface area contributed by atoms with Crippen molar-refractivity contribution < 1.29 is 4.79 Å². The topological polar surface area (TPSA) is 54.9 Å². The first-order valence-electron chi connectivity index (χ1n) is 6.92.